The van der Waals surface area contributed by atoms with Crippen molar-refractivity contribution in [3.8, 4) is 11.3 Å². The minimum atomic E-state index is 0.168. The van der Waals surface area contributed by atoms with E-state index in [1.54, 1.807) is 0 Å². The Morgan fingerprint density at radius 3 is 2.65 bits per heavy atom. The fourth-order valence-corrected chi connectivity index (χ4v) is 3.45. The lowest BCUT2D eigenvalue weighted by Crippen LogP contribution is -2.40. The minimum Gasteiger partial charge on any atom is -0.378 e. The number of morpholine rings is 1. The number of halogens is 1. The lowest BCUT2D eigenvalue weighted by molar-refractivity contribution is -0.135. The Kier molecular flexibility index (Phi) is 4.91. The van der Waals surface area contributed by atoms with Crippen molar-refractivity contribution in [2.24, 2.45) is 0 Å². The second-order valence-corrected chi connectivity index (χ2v) is 6.77. The van der Waals surface area contributed by atoms with E-state index < -0.39 is 0 Å². The van der Waals surface area contributed by atoms with Crippen LogP contribution in [0.4, 0.5) is 0 Å². The van der Waals surface area contributed by atoms with Crippen LogP contribution >= 0.6 is 11.6 Å². The van der Waals surface area contributed by atoms with Crippen LogP contribution in [0, 0.1) is 0 Å². The molecule has 1 fully saturated rings. The van der Waals surface area contributed by atoms with E-state index in [2.05, 4.69) is 4.40 Å². The molecule has 0 saturated carbocycles. The summed E-state index contributed by atoms with van der Waals surface area (Å²) < 4.78 is 7.39. The quantitative estimate of drug-likeness (QED) is 0.707. The molecule has 5 nitrogen and oxygen atoms in total. The van der Waals surface area contributed by atoms with E-state index in [1.807, 2.05) is 53.6 Å². The first-order valence-electron chi connectivity index (χ1n) is 8.80. The van der Waals surface area contributed by atoms with E-state index in [0.717, 1.165) is 22.6 Å². The topological polar surface area (TPSA) is 46.8 Å². The van der Waals surface area contributed by atoms with Crippen molar-refractivity contribution >= 4 is 23.2 Å². The highest BCUT2D eigenvalue weighted by atomic mass is 35.5. The molecule has 134 valence electrons. The highest BCUT2D eigenvalue weighted by Gasteiger charge is 2.19. The SMILES string of the molecule is O=C(CCc1c(-c2ccc(Cl)cc2)nc2ccccn12)N1CCOCC1. The number of hydrogen-bond acceptors (Lipinski definition) is 3. The van der Waals surface area contributed by atoms with Crippen LogP contribution in [0.15, 0.2) is 48.7 Å². The first-order chi connectivity index (χ1) is 12.7. The Bertz CT molecular complexity index is 914. The number of aryl methyl sites for hydroxylation is 1. The lowest BCUT2D eigenvalue weighted by atomic mass is 10.1. The van der Waals surface area contributed by atoms with Crippen LogP contribution < -0.4 is 0 Å². The molecule has 4 rings (SSSR count). The normalized spacial score (nSPS) is 14.7. The first-order valence-corrected chi connectivity index (χ1v) is 9.17. The zero-order chi connectivity index (χ0) is 17.9. The van der Waals surface area contributed by atoms with Crippen molar-refractivity contribution in [3.05, 3.63) is 59.4 Å². The summed E-state index contributed by atoms with van der Waals surface area (Å²) in [6.45, 7) is 2.60. The van der Waals surface area contributed by atoms with Gasteiger partial charge in [0.25, 0.3) is 0 Å². The van der Waals surface area contributed by atoms with Gasteiger partial charge in [-0.1, -0.05) is 29.8 Å². The zero-order valence-corrected chi connectivity index (χ0v) is 15.2. The summed E-state index contributed by atoms with van der Waals surface area (Å²) in [5.41, 5.74) is 3.84. The maximum absolute atomic E-state index is 12.5. The van der Waals surface area contributed by atoms with Crippen LogP contribution in [0.25, 0.3) is 16.9 Å². The van der Waals surface area contributed by atoms with Crippen molar-refractivity contribution in [3.63, 3.8) is 0 Å². The van der Waals surface area contributed by atoms with E-state index in [0.29, 0.717) is 44.2 Å². The second-order valence-electron chi connectivity index (χ2n) is 6.34. The Hall–Kier alpha value is -2.37. The molecule has 0 atom stereocenters. The van der Waals surface area contributed by atoms with E-state index in [-0.39, 0.29) is 5.91 Å². The molecule has 1 aromatic carbocycles. The molecule has 0 spiro atoms. The molecular formula is C20H20ClN3O2. The summed E-state index contributed by atoms with van der Waals surface area (Å²) in [7, 11) is 0. The van der Waals surface area contributed by atoms with Gasteiger partial charge >= 0.3 is 0 Å². The van der Waals surface area contributed by atoms with Gasteiger partial charge in [0.05, 0.1) is 24.6 Å². The van der Waals surface area contributed by atoms with Crippen molar-refractivity contribution in [2.45, 2.75) is 12.8 Å². The average molecular weight is 370 g/mol. The van der Waals surface area contributed by atoms with E-state index >= 15 is 0 Å². The number of rotatable bonds is 4. The third kappa shape index (κ3) is 3.45. The lowest BCUT2D eigenvalue weighted by Gasteiger charge is -2.26. The summed E-state index contributed by atoms with van der Waals surface area (Å²) in [4.78, 5) is 19.2. The Morgan fingerprint density at radius 2 is 1.88 bits per heavy atom. The van der Waals surface area contributed by atoms with Crippen LogP contribution in [-0.4, -0.2) is 46.5 Å². The molecule has 0 aliphatic carbocycles. The second kappa shape index (κ2) is 7.48. The van der Waals surface area contributed by atoms with Crippen molar-refractivity contribution < 1.29 is 9.53 Å². The van der Waals surface area contributed by atoms with Gasteiger partial charge in [0, 0.05) is 36.3 Å². The average Bonchev–Trinajstić information content (AvgIpc) is 3.06. The number of ether oxygens (including phenoxy) is 1. The molecule has 6 heteroatoms. The predicted octanol–water partition coefficient (Wildman–Crippen LogP) is 3.45. The van der Waals surface area contributed by atoms with E-state index in [1.165, 1.54) is 0 Å². The molecule has 2 aromatic heterocycles. The van der Waals surface area contributed by atoms with Crippen molar-refractivity contribution in [1.29, 1.82) is 0 Å². The van der Waals surface area contributed by atoms with Gasteiger partial charge in [-0.2, -0.15) is 0 Å². The van der Waals surface area contributed by atoms with Gasteiger partial charge in [-0.3, -0.25) is 4.79 Å². The smallest absolute Gasteiger partial charge is 0.223 e. The zero-order valence-electron chi connectivity index (χ0n) is 14.4. The highest BCUT2D eigenvalue weighted by molar-refractivity contribution is 6.30. The number of amides is 1. The molecule has 0 radical (unpaired) electrons. The van der Waals surface area contributed by atoms with Gasteiger partial charge in [0.2, 0.25) is 5.91 Å². The van der Waals surface area contributed by atoms with Gasteiger partial charge < -0.3 is 14.0 Å². The molecule has 1 saturated heterocycles. The summed E-state index contributed by atoms with van der Waals surface area (Å²) in [6.07, 6.45) is 3.10. The molecular weight excluding hydrogens is 350 g/mol. The van der Waals surface area contributed by atoms with Crippen molar-refractivity contribution in [1.82, 2.24) is 14.3 Å². The number of hydrogen-bond donors (Lipinski definition) is 0. The van der Waals surface area contributed by atoms with E-state index in [9.17, 15) is 4.79 Å². The number of carbonyl (C=O) groups is 1. The summed E-state index contributed by atoms with van der Waals surface area (Å²) in [5, 5.41) is 0.696. The monoisotopic (exact) mass is 369 g/mol. The molecule has 26 heavy (non-hydrogen) atoms. The summed E-state index contributed by atoms with van der Waals surface area (Å²) >= 11 is 6.02. The third-order valence-electron chi connectivity index (χ3n) is 4.69. The Labute approximate surface area is 157 Å². The maximum atomic E-state index is 12.5. The van der Waals surface area contributed by atoms with Gasteiger partial charge in [0.15, 0.2) is 0 Å². The van der Waals surface area contributed by atoms with Crippen LogP contribution in [-0.2, 0) is 16.0 Å². The third-order valence-corrected chi connectivity index (χ3v) is 4.94. The molecule has 1 aliphatic rings. The number of carbonyl (C=O) groups excluding carboxylic acids is 1. The van der Waals surface area contributed by atoms with Gasteiger partial charge in [-0.25, -0.2) is 4.98 Å². The molecule has 1 amide bonds. The largest absolute Gasteiger partial charge is 0.378 e. The van der Waals surface area contributed by atoms with Crippen LogP contribution in [0.5, 0.6) is 0 Å². The molecule has 3 aromatic rings. The molecule has 0 unspecified atom stereocenters. The number of pyridine rings is 1. The Morgan fingerprint density at radius 1 is 1.12 bits per heavy atom. The molecule has 3 heterocycles. The molecule has 0 N–H and O–H groups in total. The van der Waals surface area contributed by atoms with Crippen LogP contribution in [0.3, 0.4) is 0 Å². The standard InChI is InChI=1S/C20H20ClN3O2/c21-16-6-4-15(5-7-16)20-17(24-10-2-1-3-18(24)22-20)8-9-19(25)23-11-13-26-14-12-23/h1-7,10H,8-9,11-14H2. The maximum Gasteiger partial charge on any atom is 0.223 e. The molecule has 0 bridgehead atoms. The summed E-state index contributed by atoms with van der Waals surface area (Å²) in [5.74, 6) is 0.168. The number of fused-ring (bicyclic) bond motifs is 1. The van der Waals surface area contributed by atoms with Crippen LogP contribution in [0.2, 0.25) is 5.02 Å². The number of benzene rings is 1. The van der Waals surface area contributed by atoms with Crippen LogP contribution in [0.1, 0.15) is 12.1 Å². The fraction of sp³-hybridized carbons (Fsp3) is 0.300. The van der Waals surface area contributed by atoms with Gasteiger partial charge in [-0.15, -0.1) is 0 Å². The Balaban J connectivity index is 1.63. The number of imidazole rings is 1. The fourth-order valence-electron chi connectivity index (χ4n) is 3.32. The van der Waals surface area contributed by atoms with E-state index in [4.69, 9.17) is 21.3 Å². The highest BCUT2D eigenvalue weighted by Crippen LogP contribution is 2.27. The molecule has 1 aliphatic heterocycles. The van der Waals surface area contributed by atoms with Crippen molar-refractivity contribution in [2.75, 3.05) is 26.3 Å². The number of nitrogens with zero attached hydrogens (tertiary/aromatic N) is 3. The van der Waals surface area contributed by atoms with Gasteiger partial charge in [0.1, 0.15) is 5.65 Å². The summed E-state index contributed by atoms with van der Waals surface area (Å²) in [6, 6.07) is 13.6. The minimum absolute atomic E-state index is 0.168. The first kappa shape index (κ1) is 17.1. The number of aromatic nitrogens is 2. The predicted molar refractivity (Wildman–Crippen MR) is 101 cm³/mol. The van der Waals surface area contributed by atoms with Gasteiger partial charge in [-0.05, 0) is 30.7 Å².